The minimum absolute atomic E-state index is 0.231. The predicted octanol–water partition coefficient (Wildman–Crippen LogP) is 5.86. The van der Waals surface area contributed by atoms with Crippen LogP contribution in [-0.4, -0.2) is 19.3 Å². The molecule has 0 fully saturated rings. The molecule has 1 unspecified atom stereocenters. The van der Waals surface area contributed by atoms with E-state index in [1.807, 2.05) is 0 Å². The molecule has 118 valence electrons. The summed E-state index contributed by atoms with van der Waals surface area (Å²) in [4.78, 5) is 0. The molecule has 0 rings (SSSR count). The summed E-state index contributed by atoms with van der Waals surface area (Å²) >= 11 is 0. The molecule has 1 N–H and O–H groups in total. The lowest BCUT2D eigenvalue weighted by molar-refractivity contribution is 0.201. The van der Waals surface area contributed by atoms with Gasteiger partial charge in [-0.2, -0.15) is 0 Å². The van der Waals surface area contributed by atoms with Crippen molar-refractivity contribution >= 4 is 8.07 Å². The third-order valence-electron chi connectivity index (χ3n) is 4.90. The summed E-state index contributed by atoms with van der Waals surface area (Å²) in [6.45, 7) is 17.5. The molecule has 0 aliphatic rings. The van der Waals surface area contributed by atoms with E-state index >= 15 is 0 Å². The molecule has 0 saturated carbocycles. The van der Waals surface area contributed by atoms with Crippen molar-refractivity contribution < 1.29 is 5.11 Å². The van der Waals surface area contributed by atoms with E-state index in [0.717, 1.165) is 18.0 Å². The molecule has 0 aromatic carbocycles. The quantitative estimate of drug-likeness (QED) is 0.321. The van der Waals surface area contributed by atoms with Gasteiger partial charge in [0, 0.05) is 0 Å². The fourth-order valence-electron chi connectivity index (χ4n) is 2.42. The van der Waals surface area contributed by atoms with E-state index in [0.29, 0.717) is 0 Å². The Labute approximate surface area is 128 Å². The van der Waals surface area contributed by atoms with Crippen LogP contribution in [0.4, 0.5) is 0 Å². The van der Waals surface area contributed by atoms with Crippen molar-refractivity contribution in [2.75, 3.05) is 0 Å². The first-order chi connectivity index (χ1) is 9.18. The maximum atomic E-state index is 10.5. The molecular formula is C18H36OSi. The molecule has 1 nitrogen and oxygen atoms in total. The lowest BCUT2D eigenvalue weighted by Crippen LogP contribution is -2.43. The topological polar surface area (TPSA) is 20.2 Å². The first-order valence-electron chi connectivity index (χ1n) is 8.27. The highest BCUT2D eigenvalue weighted by molar-refractivity contribution is 6.86. The Balaban J connectivity index is 4.38. The van der Waals surface area contributed by atoms with Crippen LogP contribution in [-0.2, 0) is 0 Å². The summed E-state index contributed by atoms with van der Waals surface area (Å²) in [5, 5.41) is 11.8. The molecule has 0 radical (unpaired) electrons. The van der Waals surface area contributed by atoms with Crippen molar-refractivity contribution in [3.8, 4) is 0 Å². The zero-order valence-corrected chi connectivity index (χ0v) is 15.7. The van der Waals surface area contributed by atoms with Gasteiger partial charge in [-0.1, -0.05) is 85.9 Å². The van der Waals surface area contributed by atoms with Crippen molar-refractivity contribution in [1.82, 2.24) is 0 Å². The highest BCUT2D eigenvalue weighted by Crippen LogP contribution is 2.41. The van der Waals surface area contributed by atoms with Crippen molar-refractivity contribution in [3.63, 3.8) is 0 Å². The monoisotopic (exact) mass is 296 g/mol. The summed E-state index contributed by atoms with van der Waals surface area (Å²) in [6, 6.07) is 0. The molecule has 1 atom stereocenters. The lowest BCUT2D eigenvalue weighted by Gasteiger charge is -2.39. The van der Waals surface area contributed by atoms with E-state index in [9.17, 15) is 5.11 Å². The highest BCUT2D eigenvalue weighted by Gasteiger charge is 2.40. The number of hydrogen-bond donors (Lipinski definition) is 1. The number of rotatable bonds is 9. The van der Waals surface area contributed by atoms with Gasteiger partial charge in [-0.3, -0.25) is 0 Å². The molecule has 20 heavy (non-hydrogen) atoms. The molecule has 0 saturated heterocycles. The number of unbranched alkanes of at least 4 members (excludes halogenated alkanes) is 5. The second-order valence-corrected chi connectivity index (χ2v) is 12.8. The Morgan fingerprint density at radius 1 is 1.10 bits per heavy atom. The van der Waals surface area contributed by atoms with Crippen LogP contribution in [0, 0.1) is 0 Å². The van der Waals surface area contributed by atoms with Crippen molar-refractivity contribution in [2.45, 2.75) is 96.9 Å². The second-order valence-electron chi connectivity index (χ2n) is 7.54. The van der Waals surface area contributed by atoms with Crippen LogP contribution in [0.1, 0.15) is 72.6 Å². The van der Waals surface area contributed by atoms with Gasteiger partial charge < -0.3 is 5.11 Å². The van der Waals surface area contributed by atoms with Crippen LogP contribution in [0.3, 0.4) is 0 Å². The van der Waals surface area contributed by atoms with Gasteiger partial charge in [0.05, 0.1) is 14.2 Å². The van der Waals surface area contributed by atoms with Crippen molar-refractivity contribution in [2.24, 2.45) is 0 Å². The maximum absolute atomic E-state index is 10.5. The SMILES string of the molecule is C=C=C(C(O)CCCCCCCC)[Si](C)(C)C(C)(C)C. The minimum atomic E-state index is -1.69. The Kier molecular flexibility index (Phi) is 8.73. The molecule has 0 amide bonds. The van der Waals surface area contributed by atoms with Crippen LogP contribution >= 0.6 is 0 Å². The zero-order valence-electron chi connectivity index (χ0n) is 14.7. The van der Waals surface area contributed by atoms with Gasteiger partial charge in [-0.25, -0.2) is 0 Å². The molecule has 0 heterocycles. The fourth-order valence-corrected chi connectivity index (χ4v) is 4.65. The summed E-state index contributed by atoms with van der Waals surface area (Å²) in [7, 11) is -1.69. The van der Waals surface area contributed by atoms with Gasteiger partial charge in [-0.05, 0) is 16.7 Å². The largest absolute Gasteiger partial charge is 0.389 e. The molecular weight excluding hydrogens is 260 g/mol. The normalized spacial score (nSPS) is 13.9. The second kappa shape index (κ2) is 8.87. The summed E-state index contributed by atoms with van der Waals surface area (Å²) < 4.78 is 0. The zero-order chi connectivity index (χ0) is 15.8. The lowest BCUT2D eigenvalue weighted by atomic mass is 10.1. The van der Waals surface area contributed by atoms with Crippen LogP contribution in [0.15, 0.2) is 17.5 Å². The predicted molar refractivity (Wildman–Crippen MR) is 93.8 cm³/mol. The maximum Gasteiger partial charge on any atom is 0.0940 e. The van der Waals surface area contributed by atoms with E-state index < -0.39 is 8.07 Å². The highest BCUT2D eigenvalue weighted by atomic mass is 28.3. The van der Waals surface area contributed by atoms with E-state index in [1.165, 1.54) is 32.1 Å². The van der Waals surface area contributed by atoms with Gasteiger partial charge in [0.2, 0.25) is 0 Å². The minimum Gasteiger partial charge on any atom is -0.389 e. The van der Waals surface area contributed by atoms with Crippen LogP contribution in [0.5, 0.6) is 0 Å². The fraction of sp³-hybridized carbons (Fsp3) is 0.833. The Morgan fingerprint density at radius 2 is 1.60 bits per heavy atom. The Bertz CT molecular complexity index is 319. The number of hydrogen-bond acceptors (Lipinski definition) is 1. The average Bonchev–Trinajstić information content (AvgIpc) is 2.32. The van der Waals surface area contributed by atoms with Gasteiger partial charge >= 0.3 is 0 Å². The molecule has 2 heteroatoms. The summed E-state index contributed by atoms with van der Waals surface area (Å²) in [5.74, 6) is 0. The van der Waals surface area contributed by atoms with E-state index in [4.69, 9.17) is 0 Å². The van der Waals surface area contributed by atoms with E-state index in [-0.39, 0.29) is 11.1 Å². The molecule has 0 aliphatic carbocycles. The van der Waals surface area contributed by atoms with E-state index in [1.54, 1.807) is 0 Å². The summed E-state index contributed by atoms with van der Waals surface area (Å²) in [6.07, 6.45) is 8.15. The average molecular weight is 297 g/mol. The van der Waals surface area contributed by atoms with Crippen molar-refractivity contribution in [3.05, 3.63) is 17.5 Å². The third kappa shape index (κ3) is 5.99. The first-order valence-corrected chi connectivity index (χ1v) is 11.3. The smallest absolute Gasteiger partial charge is 0.0940 e. The van der Waals surface area contributed by atoms with Gasteiger partial charge in [-0.15, -0.1) is 5.73 Å². The van der Waals surface area contributed by atoms with E-state index in [2.05, 4.69) is 53.1 Å². The molecule has 0 aromatic rings. The standard InChI is InChI=1S/C18H36OSi/c1-8-10-11-12-13-14-15-16(19)17(9-2)20(6,7)18(3,4)5/h16,19H,2,8,10-15H2,1,3-7H3. The Hall–Kier alpha value is -0.303. The van der Waals surface area contributed by atoms with Crippen molar-refractivity contribution in [1.29, 1.82) is 0 Å². The first kappa shape index (κ1) is 19.7. The molecule has 0 bridgehead atoms. The van der Waals surface area contributed by atoms with Gasteiger partial charge in [0.15, 0.2) is 0 Å². The third-order valence-corrected chi connectivity index (χ3v) is 10.5. The Morgan fingerprint density at radius 3 is 2.05 bits per heavy atom. The van der Waals surface area contributed by atoms with Gasteiger partial charge in [0.1, 0.15) is 0 Å². The van der Waals surface area contributed by atoms with Crippen LogP contribution in [0.2, 0.25) is 18.1 Å². The van der Waals surface area contributed by atoms with Crippen LogP contribution < -0.4 is 0 Å². The van der Waals surface area contributed by atoms with Gasteiger partial charge in [0.25, 0.3) is 0 Å². The number of aliphatic hydroxyl groups is 1. The molecule has 0 spiro atoms. The molecule has 0 aliphatic heterocycles. The summed E-state index contributed by atoms with van der Waals surface area (Å²) in [5.41, 5.74) is 3.09. The molecule has 0 aromatic heterocycles. The van der Waals surface area contributed by atoms with Crippen LogP contribution in [0.25, 0.3) is 0 Å². The number of aliphatic hydroxyl groups excluding tert-OH is 1.